The summed E-state index contributed by atoms with van der Waals surface area (Å²) < 4.78 is 0. The molecule has 0 spiro atoms. The van der Waals surface area contributed by atoms with Gasteiger partial charge < -0.3 is 4.98 Å². The Bertz CT molecular complexity index is 232. The predicted octanol–water partition coefficient (Wildman–Crippen LogP) is 0.500. The van der Waals surface area contributed by atoms with Gasteiger partial charge in [0.25, 0.3) is 5.56 Å². The van der Waals surface area contributed by atoms with E-state index in [1.165, 1.54) is 12.3 Å². The van der Waals surface area contributed by atoms with E-state index in [-0.39, 0.29) is 18.0 Å². The zero-order valence-electron chi connectivity index (χ0n) is 4.92. The molecule has 0 aliphatic rings. The molecule has 50 valence electrons. The maximum atomic E-state index is 10.4. The Labute approximate surface area is 58.6 Å². The number of aromatic amines is 1. The van der Waals surface area contributed by atoms with Crippen molar-refractivity contribution < 1.29 is 0 Å². The molecule has 0 radical (unpaired) electrons. The molecule has 1 aromatic rings. The fourth-order valence-corrected chi connectivity index (χ4v) is 0.469. The first-order valence-electron chi connectivity index (χ1n) is 2.31. The molecule has 0 unspecified atom stereocenters. The zero-order chi connectivity index (χ0) is 5.98. The van der Waals surface area contributed by atoms with E-state index in [0.29, 0.717) is 5.82 Å². The lowest BCUT2D eigenvalue weighted by Crippen LogP contribution is -2.05. The highest BCUT2D eigenvalue weighted by molar-refractivity contribution is 5.85. The van der Waals surface area contributed by atoms with Crippen LogP contribution in [-0.4, -0.2) is 9.97 Å². The highest BCUT2D eigenvalue weighted by atomic mass is 35.5. The summed E-state index contributed by atoms with van der Waals surface area (Å²) >= 11 is 0. The quantitative estimate of drug-likeness (QED) is 0.580. The van der Waals surface area contributed by atoms with Gasteiger partial charge in [-0.25, -0.2) is 4.98 Å². The van der Waals surface area contributed by atoms with Crippen molar-refractivity contribution in [1.29, 1.82) is 0 Å². The molecule has 1 N–H and O–H groups in total. The van der Waals surface area contributed by atoms with Crippen molar-refractivity contribution in [3.8, 4) is 0 Å². The molecular formula is C5H7ClN2O. The van der Waals surface area contributed by atoms with Crippen LogP contribution in [0.1, 0.15) is 5.82 Å². The topological polar surface area (TPSA) is 45.8 Å². The van der Waals surface area contributed by atoms with Crippen molar-refractivity contribution in [2.24, 2.45) is 0 Å². The fourth-order valence-electron chi connectivity index (χ4n) is 0.469. The van der Waals surface area contributed by atoms with Gasteiger partial charge in [-0.15, -0.1) is 12.4 Å². The Balaban J connectivity index is 0.000000640. The summed E-state index contributed by atoms with van der Waals surface area (Å²) in [6.07, 6.45) is 1.48. The lowest BCUT2D eigenvalue weighted by Gasteiger charge is -1.84. The van der Waals surface area contributed by atoms with Crippen molar-refractivity contribution in [3.63, 3.8) is 0 Å². The number of halogens is 1. The van der Waals surface area contributed by atoms with Crippen molar-refractivity contribution in [2.45, 2.75) is 6.92 Å². The molecule has 0 bridgehead atoms. The van der Waals surface area contributed by atoms with E-state index in [9.17, 15) is 4.79 Å². The number of hydrogen-bond acceptors (Lipinski definition) is 2. The van der Waals surface area contributed by atoms with Crippen molar-refractivity contribution >= 4 is 12.4 Å². The van der Waals surface area contributed by atoms with Crippen LogP contribution in [0.2, 0.25) is 0 Å². The summed E-state index contributed by atoms with van der Waals surface area (Å²) in [4.78, 5) is 16.7. The number of nitrogens with one attached hydrogen (secondary N) is 1. The third-order valence-electron chi connectivity index (χ3n) is 0.798. The molecule has 3 nitrogen and oxygen atoms in total. The average molecular weight is 147 g/mol. The molecule has 0 aromatic carbocycles. The Morgan fingerprint density at radius 1 is 1.67 bits per heavy atom. The lowest BCUT2D eigenvalue weighted by atomic mass is 10.6. The maximum absolute atomic E-state index is 10.4. The second-order valence-electron chi connectivity index (χ2n) is 1.52. The summed E-state index contributed by atoms with van der Waals surface area (Å²) in [6, 6.07) is 1.38. The van der Waals surface area contributed by atoms with Gasteiger partial charge in [0.1, 0.15) is 5.82 Å². The van der Waals surface area contributed by atoms with E-state index in [1.54, 1.807) is 6.92 Å². The number of aromatic nitrogens is 2. The number of aryl methyl sites for hydroxylation is 1. The van der Waals surface area contributed by atoms with Gasteiger partial charge in [-0.05, 0) is 6.92 Å². The Morgan fingerprint density at radius 2 is 2.33 bits per heavy atom. The summed E-state index contributed by atoms with van der Waals surface area (Å²) in [5, 5.41) is 0. The predicted molar refractivity (Wildman–Crippen MR) is 36.8 cm³/mol. The Morgan fingerprint density at radius 3 is 2.67 bits per heavy atom. The van der Waals surface area contributed by atoms with E-state index < -0.39 is 0 Å². The largest absolute Gasteiger partial charge is 0.311 e. The molecule has 1 heterocycles. The maximum Gasteiger partial charge on any atom is 0.250 e. The van der Waals surface area contributed by atoms with Crippen LogP contribution in [0.3, 0.4) is 0 Å². The molecule has 0 saturated heterocycles. The first-order chi connectivity index (χ1) is 3.79. The van der Waals surface area contributed by atoms with Crippen LogP contribution < -0.4 is 5.56 Å². The zero-order valence-corrected chi connectivity index (χ0v) is 5.73. The third-order valence-corrected chi connectivity index (χ3v) is 0.798. The monoisotopic (exact) mass is 146 g/mol. The molecular weight excluding hydrogens is 140 g/mol. The van der Waals surface area contributed by atoms with Gasteiger partial charge in [-0.3, -0.25) is 4.79 Å². The van der Waals surface area contributed by atoms with E-state index in [2.05, 4.69) is 9.97 Å². The summed E-state index contributed by atoms with van der Waals surface area (Å²) in [5.74, 6) is 0.650. The lowest BCUT2D eigenvalue weighted by molar-refractivity contribution is 1.02. The molecule has 1 rings (SSSR count). The Hall–Kier alpha value is -0.830. The SMILES string of the molecule is Cc1nccc(=O)[nH]1.Cl. The van der Waals surface area contributed by atoms with Gasteiger partial charge in [0, 0.05) is 12.3 Å². The second-order valence-corrected chi connectivity index (χ2v) is 1.52. The van der Waals surface area contributed by atoms with Crippen molar-refractivity contribution in [2.75, 3.05) is 0 Å². The van der Waals surface area contributed by atoms with Crippen LogP contribution in [0.5, 0.6) is 0 Å². The second kappa shape index (κ2) is 3.25. The minimum atomic E-state index is -0.0995. The van der Waals surface area contributed by atoms with Gasteiger partial charge >= 0.3 is 0 Å². The van der Waals surface area contributed by atoms with Gasteiger partial charge in [-0.1, -0.05) is 0 Å². The number of hydrogen-bond donors (Lipinski definition) is 1. The number of nitrogens with zero attached hydrogens (tertiary/aromatic N) is 1. The van der Waals surface area contributed by atoms with Gasteiger partial charge in [0.05, 0.1) is 0 Å². The van der Waals surface area contributed by atoms with Crippen LogP contribution in [-0.2, 0) is 0 Å². The molecule has 0 aliphatic heterocycles. The summed E-state index contributed by atoms with van der Waals surface area (Å²) in [7, 11) is 0. The average Bonchev–Trinajstić information content (AvgIpc) is 1.64. The smallest absolute Gasteiger partial charge is 0.250 e. The van der Waals surface area contributed by atoms with Gasteiger partial charge in [0.15, 0.2) is 0 Å². The fraction of sp³-hybridized carbons (Fsp3) is 0.200. The molecule has 0 fully saturated rings. The molecule has 4 heteroatoms. The van der Waals surface area contributed by atoms with Crippen LogP contribution in [0, 0.1) is 6.92 Å². The van der Waals surface area contributed by atoms with E-state index >= 15 is 0 Å². The number of H-pyrrole nitrogens is 1. The normalized spacial score (nSPS) is 8.11. The minimum absolute atomic E-state index is 0. The van der Waals surface area contributed by atoms with E-state index in [1.807, 2.05) is 0 Å². The minimum Gasteiger partial charge on any atom is -0.311 e. The van der Waals surface area contributed by atoms with Crippen LogP contribution in [0.15, 0.2) is 17.1 Å². The van der Waals surface area contributed by atoms with E-state index in [4.69, 9.17) is 0 Å². The Kier molecular flexibility index (Phi) is 2.95. The first kappa shape index (κ1) is 8.17. The standard InChI is InChI=1S/C5H6N2O.ClH/c1-4-6-3-2-5(8)7-4;/h2-3H,1H3,(H,6,7,8);1H. The van der Waals surface area contributed by atoms with Gasteiger partial charge in [0.2, 0.25) is 0 Å². The third kappa shape index (κ3) is 2.28. The van der Waals surface area contributed by atoms with Crippen LogP contribution in [0.4, 0.5) is 0 Å². The van der Waals surface area contributed by atoms with Crippen molar-refractivity contribution in [3.05, 3.63) is 28.4 Å². The summed E-state index contributed by atoms with van der Waals surface area (Å²) in [5.41, 5.74) is -0.0995. The van der Waals surface area contributed by atoms with Gasteiger partial charge in [-0.2, -0.15) is 0 Å². The molecule has 0 atom stereocenters. The summed E-state index contributed by atoms with van der Waals surface area (Å²) in [6.45, 7) is 1.74. The highest BCUT2D eigenvalue weighted by Gasteiger charge is 1.80. The molecule has 0 amide bonds. The molecule has 9 heavy (non-hydrogen) atoms. The first-order valence-corrected chi connectivity index (χ1v) is 2.31. The van der Waals surface area contributed by atoms with Crippen LogP contribution >= 0.6 is 12.4 Å². The molecule has 1 aromatic heterocycles. The highest BCUT2D eigenvalue weighted by Crippen LogP contribution is 1.73. The van der Waals surface area contributed by atoms with E-state index in [0.717, 1.165) is 0 Å². The number of rotatable bonds is 0. The van der Waals surface area contributed by atoms with Crippen molar-refractivity contribution in [1.82, 2.24) is 9.97 Å². The van der Waals surface area contributed by atoms with Crippen LogP contribution in [0.25, 0.3) is 0 Å². The molecule has 0 saturated carbocycles. The molecule has 0 aliphatic carbocycles.